The molecule has 1 N–H and O–H groups in total. The number of hydrogen-bond donors (Lipinski definition) is 1. The van der Waals surface area contributed by atoms with E-state index in [0.717, 1.165) is 34.8 Å². The molecule has 1 saturated heterocycles. The van der Waals surface area contributed by atoms with Crippen LogP contribution in [0.1, 0.15) is 24.8 Å². The first kappa shape index (κ1) is 22.0. The monoisotopic (exact) mass is 450 g/mol. The van der Waals surface area contributed by atoms with Gasteiger partial charge in [-0.3, -0.25) is 14.6 Å². The second-order valence-corrected chi connectivity index (χ2v) is 8.51. The van der Waals surface area contributed by atoms with E-state index in [1.54, 1.807) is 28.6 Å². The molecule has 1 aliphatic heterocycles. The largest absolute Gasteiger partial charge is 0.492 e. The SMILES string of the molecule is CCOc1ccccc1N1CC(C(=O)NCCCc2nc(-c3ccncc3)cs2)CC1=O. The zero-order valence-electron chi connectivity index (χ0n) is 18.0. The van der Waals surface area contributed by atoms with Gasteiger partial charge in [0.25, 0.3) is 0 Å². The van der Waals surface area contributed by atoms with E-state index >= 15 is 0 Å². The fourth-order valence-corrected chi connectivity index (χ4v) is 4.60. The molecule has 1 unspecified atom stereocenters. The summed E-state index contributed by atoms with van der Waals surface area (Å²) in [5.41, 5.74) is 2.73. The fourth-order valence-electron chi connectivity index (χ4n) is 3.75. The number of amides is 2. The number of aryl methyl sites for hydroxylation is 1. The molecule has 0 radical (unpaired) electrons. The van der Waals surface area contributed by atoms with E-state index in [4.69, 9.17) is 4.74 Å². The number of anilines is 1. The first-order valence-corrected chi connectivity index (χ1v) is 11.7. The number of thiazole rings is 1. The van der Waals surface area contributed by atoms with Crippen LogP contribution in [0.4, 0.5) is 5.69 Å². The molecule has 3 aromatic rings. The molecule has 4 rings (SSSR count). The van der Waals surface area contributed by atoms with Crippen molar-refractivity contribution in [1.29, 1.82) is 0 Å². The van der Waals surface area contributed by atoms with E-state index in [1.807, 2.05) is 48.7 Å². The van der Waals surface area contributed by atoms with Gasteiger partial charge >= 0.3 is 0 Å². The second kappa shape index (κ2) is 10.4. The number of rotatable bonds is 9. The number of carbonyl (C=O) groups is 2. The number of aromatic nitrogens is 2. The maximum atomic E-state index is 12.6. The molecule has 1 fully saturated rings. The number of hydrogen-bond acceptors (Lipinski definition) is 6. The smallest absolute Gasteiger partial charge is 0.227 e. The van der Waals surface area contributed by atoms with E-state index in [0.29, 0.717) is 25.4 Å². The average Bonchev–Trinajstić information content (AvgIpc) is 3.45. The van der Waals surface area contributed by atoms with Crippen molar-refractivity contribution < 1.29 is 14.3 Å². The molecule has 1 aliphatic rings. The molecule has 3 heterocycles. The van der Waals surface area contributed by atoms with Gasteiger partial charge in [0.05, 0.1) is 28.9 Å². The Morgan fingerprint density at radius 3 is 2.88 bits per heavy atom. The molecule has 32 heavy (non-hydrogen) atoms. The summed E-state index contributed by atoms with van der Waals surface area (Å²) in [4.78, 5) is 35.6. The molecule has 2 amide bonds. The molecule has 2 aromatic heterocycles. The molecule has 1 atom stereocenters. The third-order valence-electron chi connectivity index (χ3n) is 5.35. The Hall–Kier alpha value is -3.26. The minimum Gasteiger partial charge on any atom is -0.492 e. The van der Waals surface area contributed by atoms with Crippen molar-refractivity contribution in [3.63, 3.8) is 0 Å². The van der Waals surface area contributed by atoms with E-state index in [-0.39, 0.29) is 24.2 Å². The Kier molecular flexibility index (Phi) is 7.11. The highest BCUT2D eigenvalue weighted by atomic mass is 32.1. The topological polar surface area (TPSA) is 84.4 Å². The molecule has 8 heteroatoms. The van der Waals surface area contributed by atoms with Crippen LogP contribution >= 0.6 is 11.3 Å². The van der Waals surface area contributed by atoms with Gasteiger partial charge in [-0.05, 0) is 37.6 Å². The lowest BCUT2D eigenvalue weighted by atomic mass is 10.1. The number of nitrogens with zero attached hydrogens (tertiary/aromatic N) is 3. The Balaban J connectivity index is 1.26. The molecule has 166 valence electrons. The summed E-state index contributed by atoms with van der Waals surface area (Å²) in [6.45, 7) is 3.36. The lowest BCUT2D eigenvalue weighted by Gasteiger charge is -2.20. The van der Waals surface area contributed by atoms with Gasteiger partial charge in [0, 0.05) is 49.3 Å². The van der Waals surface area contributed by atoms with Gasteiger partial charge in [-0.15, -0.1) is 11.3 Å². The van der Waals surface area contributed by atoms with Crippen molar-refractivity contribution in [2.45, 2.75) is 26.2 Å². The highest BCUT2D eigenvalue weighted by molar-refractivity contribution is 7.09. The number of ether oxygens (including phenoxy) is 1. The number of benzene rings is 1. The predicted octanol–water partition coefficient (Wildman–Crippen LogP) is 3.71. The van der Waals surface area contributed by atoms with Crippen LogP contribution in [0.2, 0.25) is 0 Å². The van der Waals surface area contributed by atoms with Crippen LogP contribution in [0.15, 0.2) is 54.2 Å². The normalized spacial score (nSPS) is 15.7. The Labute approximate surface area is 191 Å². The van der Waals surface area contributed by atoms with Gasteiger partial charge in [0.2, 0.25) is 11.8 Å². The van der Waals surface area contributed by atoms with E-state index < -0.39 is 0 Å². The Bertz CT molecular complexity index is 1070. The quantitative estimate of drug-likeness (QED) is 0.503. The summed E-state index contributed by atoms with van der Waals surface area (Å²) in [6.07, 6.45) is 5.33. The molecule has 0 bridgehead atoms. The lowest BCUT2D eigenvalue weighted by molar-refractivity contribution is -0.126. The predicted molar refractivity (Wildman–Crippen MR) is 125 cm³/mol. The molecular weight excluding hydrogens is 424 g/mol. The molecule has 1 aromatic carbocycles. The third kappa shape index (κ3) is 5.13. The summed E-state index contributed by atoms with van der Waals surface area (Å²) >= 11 is 1.62. The van der Waals surface area contributed by atoms with Gasteiger partial charge in [0.15, 0.2) is 0 Å². The molecule has 0 saturated carbocycles. The molecule has 0 aliphatic carbocycles. The van der Waals surface area contributed by atoms with Crippen LogP contribution < -0.4 is 15.0 Å². The van der Waals surface area contributed by atoms with E-state index in [2.05, 4.69) is 15.3 Å². The van der Waals surface area contributed by atoms with Crippen LogP contribution in [0, 0.1) is 5.92 Å². The van der Waals surface area contributed by atoms with Crippen LogP contribution in [-0.4, -0.2) is 41.5 Å². The number of para-hydroxylation sites is 2. The van der Waals surface area contributed by atoms with Crippen LogP contribution in [-0.2, 0) is 16.0 Å². The van der Waals surface area contributed by atoms with Crippen molar-refractivity contribution in [3.8, 4) is 17.0 Å². The standard InChI is InChI=1S/C24H26N4O3S/c1-2-31-21-7-4-3-6-20(21)28-15-18(14-23(28)29)24(30)26-11-5-8-22-27-19(16-32-22)17-9-12-25-13-10-17/h3-4,6-7,9-10,12-13,16,18H,2,5,8,11,14-15H2,1H3,(H,26,30). The maximum Gasteiger partial charge on any atom is 0.227 e. The van der Waals surface area contributed by atoms with Crippen LogP contribution in [0.5, 0.6) is 5.75 Å². The van der Waals surface area contributed by atoms with Crippen LogP contribution in [0.3, 0.4) is 0 Å². The van der Waals surface area contributed by atoms with E-state index in [9.17, 15) is 9.59 Å². The van der Waals surface area contributed by atoms with Crippen molar-refractivity contribution in [2.75, 3.05) is 24.6 Å². The summed E-state index contributed by atoms with van der Waals surface area (Å²) < 4.78 is 5.64. The molecule has 0 spiro atoms. The first-order valence-electron chi connectivity index (χ1n) is 10.8. The van der Waals surface area contributed by atoms with Crippen molar-refractivity contribution in [3.05, 3.63) is 59.2 Å². The highest BCUT2D eigenvalue weighted by Crippen LogP contribution is 2.33. The van der Waals surface area contributed by atoms with Gasteiger partial charge in [-0.25, -0.2) is 4.98 Å². The van der Waals surface area contributed by atoms with Crippen molar-refractivity contribution in [1.82, 2.24) is 15.3 Å². The lowest BCUT2D eigenvalue weighted by Crippen LogP contribution is -2.33. The summed E-state index contributed by atoms with van der Waals surface area (Å²) in [5.74, 6) is 0.185. The summed E-state index contributed by atoms with van der Waals surface area (Å²) in [5, 5.41) is 6.07. The second-order valence-electron chi connectivity index (χ2n) is 7.56. The van der Waals surface area contributed by atoms with Crippen LogP contribution in [0.25, 0.3) is 11.3 Å². The van der Waals surface area contributed by atoms with Gasteiger partial charge in [-0.2, -0.15) is 0 Å². The number of nitrogens with one attached hydrogen (secondary N) is 1. The van der Waals surface area contributed by atoms with E-state index in [1.165, 1.54) is 0 Å². The van der Waals surface area contributed by atoms with Crippen molar-refractivity contribution >= 4 is 28.8 Å². The minimum atomic E-state index is -0.352. The first-order chi connectivity index (χ1) is 15.7. The summed E-state index contributed by atoms with van der Waals surface area (Å²) in [7, 11) is 0. The van der Waals surface area contributed by atoms with Gasteiger partial charge in [-0.1, -0.05) is 12.1 Å². The molecule has 7 nitrogen and oxygen atoms in total. The zero-order chi connectivity index (χ0) is 22.3. The van der Waals surface area contributed by atoms with Gasteiger partial charge in [0.1, 0.15) is 5.75 Å². The van der Waals surface area contributed by atoms with Gasteiger partial charge < -0.3 is 15.0 Å². The Morgan fingerprint density at radius 1 is 1.25 bits per heavy atom. The fraction of sp³-hybridized carbons (Fsp3) is 0.333. The average molecular weight is 451 g/mol. The molecular formula is C24H26N4O3S. The minimum absolute atomic E-state index is 0.0521. The maximum absolute atomic E-state index is 12.6. The Morgan fingerprint density at radius 2 is 2.06 bits per heavy atom. The zero-order valence-corrected chi connectivity index (χ0v) is 18.8. The number of carbonyl (C=O) groups excluding carboxylic acids is 2. The highest BCUT2D eigenvalue weighted by Gasteiger charge is 2.36. The van der Waals surface area contributed by atoms with Crippen molar-refractivity contribution in [2.24, 2.45) is 5.92 Å². The third-order valence-corrected chi connectivity index (χ3v) is 6.25. The summed E-state index contributed by atoms with van der Waals surface area (Å²) in [6, 6.07) is 11.3. The number of pyridine rings is 1.